The molecule has 0 aliphatic heterocycles. The van der Waals surface area contributed by atoms with Crippen LogP contribution in [0.3, 0.4) is 0 Å². The van der Waals surface area contributed by atoms with Crippen molar-refractivity contribution in [3.8, 4) is 0 Å². The van der Waals surface area contributed by atoms with Crippen molar-refractivity contribution in [1.29, 1.82) is 0 Å². The van der Waals surface area contributed by atoms with Gasteiger partial charge in [-0.15, -0.1) is 0 Å². The topological polar surface area (TPSA) is 95.9 Å². The second-order valence-corrected chi connectivity index (χ2v) is 1.86. The van der Waals surface area contributed by atoms with Gasteiger partial charge in [-0.3, -0.25) is 0 Å². The van der Waals surface area contributed by atoms with Crippen LogP contribution in [0.5, 0.6) is 0 Å². The first-order valence-electron chi connectivity index (χ1n) is 2.85. The van der Waals surface area contributed by atoms with Gasteiger partial charge >= 0.3 is 6.09 Å². The first-order chi connectivity index (χ1) is 4.66. The van der Waals surface area contributed by atoms with Crippen LogP contribution in [0.2, 0.25) is 0 Å². The van der Waals surface area contributed by atoms with Crippen LogP contribution in [-0.2, 0) is 0 Å². The predicted molar refractivity (Wildman–Crippen MR) is 35.3 cm³/mol. The lowest BCUT2D eigenvalue weighted by molar-refractivity contribution is 0.205. The van der Waals surface area contributed by atoms with Gasteiger partial charge in [0.15, 0.2) is 0 Å². The maximum absolute atomic E-state index is 8.78. The highest BCUT2D eigenvalue weighted by Crippen LogP contribution is 2.12. The van der Waals surface area contributed by atoms with Gasteiger partial charge in [0.1, 0.15) is 0 Å². The van der Waals surface area contributed by atoms with Crippen LogP contribution >= 0.6 is 0 Å². The van der Waals surface area contributed by atoms with Crippen molar-refractivity contribution in [3.63, 3.8) is 0 Å². The molecule has 1 aliphatic carbocycles. The number of primary amides is 1. The number of carbonyl (C=O) groups is 1. The molecular weight excluding hydrogens is 136 g/mol. The lowest BCUT2D eigenvalue weighted by Crippen LogP contribution is -2.08. The highest BCUT2D eigenvalue weighted by atomic mass is 16.4. The third kappa shape index (κ3) is 4.89. The van der Waals surface area contributed by atoms with Crippen LogP contribution in [0, 0.1) is 0 Å². The molecule has 0 saturated heterocycles. The highest BCUT2D eigenvalue weighted by molar-refractivity contribution is 5.88. The molecule has 0 radical (unpaired) electrons. The van der Waals surface area contributed by atoms with Crippen molar-refractivity contribution in [2.24, 2.45) is 10.9 Å². The van der Waals surface area contributed by atoms with Crippen LogP contribution in [0.4, 0.5) is 4.79 Å². The summed E-state index contributed by atoms with van der Waals surface area (Å²) in [4.78, 5) is 8.78. The fourth-order valence-electron chi connectivity index (χ4n) is 0.435. The molecule has 0 heterocycles. The Hall–Kier alpha value is -1.26. The molecule has 0 unspecified atom stereocenters. The van der Waals surface area contributed by atoms with E-state index in [4.69, 9.17) is 15.1 Å². The second kappa shape index (κ2) is 4.60. The Morgan fingerprint density at radius 1 is 1.60 bits per heavy atom. The lowest BCUT2D eigenvalue weighted by Gasteiger charge is -2.10. The minimum Gasteiger partial charge on any atom is -0.465 e. The summed E-state index contributed by atoms with van der Waals surface area (Å²) in [5.74, 6) is 0. The van der Waals surface area contributed by atoms with Crippen LogP contribution in [0.1, 0.15) is 19.3 Å². The molecule has 5 heteroatoms. The van der Waals surface area contributed by atoms with E-state index in [-0.39, 0.29) is 0 Å². The van der Waals surface area contributed by atoms with E-state index in [1.54, 1.807) is 0 Å². The average molecular weight is 146 g/mol. The van der Waals surface area contributed by atoms with E-state index in [1.165, 1.54) is 6.42 Å². The zero-order valence-electron chi connectivity index (χ0n) is 5.45. The smallest absolute Gasteiger partial charge is 0.402 e. The van der Waals surface area contributed by atoms with Crippen molar-refractivity contribution < 1.29 is 15.1 Å². The Kier molecular flexibility index (Phi) is 4.02. The van der Waals surface area contributed by atoms with Gasteiger partial charge < -0.3 is 16.0 Å². The molecule has 5 nitrogen and oxygen atoms in total. The van der Waals surface area contributed by atoms with Gasteiger partial charge in [0.05, 0.1) is 5.71 Å². The lowest BCUT2D eigenvalue weighted by atomic mass is 9.98. The Morgan fingerprint density at radius 3 is 2.00 bits per heavy atom. The summed E-state index contributed by atoms with van der Waals surface area (Å²) in [6.07, 6.45) is 1.90. The van der Waals surface area contributed by atoms with Crippen LogP contribution < -0.4 is 5.73 Å². The second-order valence-electron chi connectivity index (χ2n) is 1.86. The molecule has 58 valence electrons. The summed E-state index contributed by atoms with van der Waals surface area (Å²) in [5, 5.41) is 18.2. The third-order valence-corrected chi connectivity index (χ3v) is 1.07. The summed E-state index contributed by atoms with van der Waals surface area (Å²) >= 11 is 0. The van der Waals surface area contributed by atoms with E-state index in [9.17, 15) is 0 Å². The van der Waals surface area contributed by atoms with Crippen molar-refractivity contribution >= 4 is 11.8 Å². The fraction of sp³-hybridized carbons (Fsp3) is 0.600. The maximum Gasteiger partial charge on any atom is 0.402 e. The predicted octanol–water partition coefficient (Wildman–Crippen LogP) is 0.624. The van der Waals surface area contributed by atoms with E-state index < -0.39 is 6.09 Å². The minimum atomic E-state index is -1.33. The number of nitrogens with zero attached hydrogens (tertiary/aromatic N) is 1. The molecule has 10 heavy (non-hydrogen) atoms. The van der Waals surface area contributed by atoms with Crippen LogP contribution in [0.25, 0.3) is 0 Å². The molecule has 0 atom stereocenters. The monoisotopic (exact) mass is 146 g/mol. The van der Waals surface area contributed by atoms with Gasteiger partial charge in [-0.1, -0.05) is 5.16 Å². The number of amides is 1. The molecule has 0 aromatic rings. The first-order valence-corrected chi connectivity index (χ1v) is 2.85. The zero-order valence-corrected chi connectivity index (χ0v) is 5.45. The maximum atomic E-state index is 8.78. The zero-order chi connectivity index (χ0) is 7.98. The van der Waals surface area contributed by atoms with Crippen molar-refractivity contribution in [2.75, 3.05) is 0 Å². The summed E-state index contributed by atoms with van der Waals surface area (Å²) in [6, 6.07) is 0. The molecule has 1 saturated carbocycles. The molecule has 1 aliphatic rings. The first kappa shape index (κ1) is 8.74. The molecular formula is C5H10N2O3. The summed E-state index contributed by atoms with van der Waals surface area (Å²) in [7, 11) is 0. The summed E-state index contributed by atoms with van der Waals surface area (Å²) < 4.78 is 0. The minimum absolute atomic E-state index is 0.954. The SMILES string of the molecule is NC(=O)O.ON=C1CCC1. The Labute approximate surface area is 58.1 Å². The molecule has 0 aromatic heterocycles. The van der Waals surface area contributed by atoms with E-state index in [1.807, 2.05) is 0 Å². The molecule has 4 N–H and O–H groups in total. The van der Waals surface area contributed by atoms with E-state index in [0.29, 0.717) is 0 Å². The molecule has 0 bridgehead atoms. The Balaban J connectivity index is 0.000000180. The van der Waals surface area contributed by atoms with Crippen molar-refractivity contribution in [2.45, 2.75) is 19.3 Å². The Morgan fingerprint density at radius 2 is 2.00 bits per heavy atom. The molecule has 1 amide bonds. The number of nitrogens with two attached hydrogens (primary N) is 1. The largest absolute Gasteiger partial charge is 0.465 e. The Bertz CT molecular complexity index is 134. The normalized spacial score (nSPS) is 14.2. The summed E-state index contributed by atoms with van der Waals surface area (Å²) in [5.41, 5.74) is 4.98. The van der Waals surface area contributed by atoms with E-state index >= 15 is 0 Å². The van der Waals surface area contributed by atoms with E-state index in [2.05, 4.69) is 10.9 Å². The standard InChI is InChI=1S/C4H7NO.CH3NO2/c6-5-4-2-1-3-4;2-1(3)4/h6H,1-3H2;2H2,(H,3,4). The number of oxime groups is 1. The molecule has 0 spiro atoms. The van der Waals surface area contributed by atoms with Crippen molar-refractivity contribution in [1.82, 2.24) is 0 Å². The van der Waals surface area contributed by atoms with Gasteiger partial charge in [-0.25, -0.2) is 4.79 Å². The highest BCUT2D eigenvalue weighted by Gasteiger charge is 2.08. The van der Waals surface area contributed by atoms with Gasteiger partial charge in [0.25, 0.3) is 0 Å². The third-order valence-electron chi connectivity index (χ3n) is 1.07. The average Bonchev–Trinajstić information content (AvgIpc) is 1.59. The van der Waals surface area contributed by atoms with Crippen LogP contribution in [-0.4, -0.2) is 22.1 Å². The number of hydrogen-bond acceptors (Lipinski definition) is 3. The number of rotatable bonds is 0. The molecule has 0 aromatic carbocycles. The van der Waals surface area contributed by atoms with Crippen LogP contribution in [0.15, 0.2) is 5.16 Å². The summed E-state index contributed by atoms with van der Waals surface area (Å²) in [6.45, 7) is 0. The van der Waals surface area contributed by atoms with Gasteiger partial charge in [0, 0.05) is 0 Å². The number of carboxylic acid groups (broad SMARTS) is 1. The number of hydrogen-bond donors (Lipinski definition) is 3. The van der Waals surface area contributed by atoms with Crippen molar-refractivity contribution in [3.05, 3.63) is 0 Å². The quantitative estimate of drug-likeness (QED) is 0.345. The fourth-order valence-corrected chi connectivity index (χ4v) is 0.435. The van der Waals surface area contributed by atoms with Gasteiger partial charge in [-0.05, 0) is 19.3 Å². The van der Waals surface area contributed by atoms with Gasteiger partial charge in [-0.2, -0.15) is 0 Å². The molecule has 1 rings (SSSR count). The van der Waals surface area contributed by atoms with Gasteiger partial charge in [0.2, 0.25) is 0 Å². The molecule has 1 fully saturated rings. The van der Waals surface area contributed by atoms with E-state index in [0.717, 1.165) is 18.6 Å².